The number of benzene rings is 1. The third-order valence-electron chi connectivity index (χ3n) is 3.77. The molecule has 104 valence electrons. The number of nitrogens with zero attached hydrogens (tertiary/aromatic N) is 1. The highest BCUT2D eigenvalue weighted by atomic mass is 16.5. The summed E-state index contributed by atoms with van der Waals surface area (Å²) in [6, 6.07) is 7.82. The van der Waals surface area contributed by atoms with Crippen molar-refractivity contribution in [3.63, 3.8) is 0 Å². The fourth-order valence-electron chi connectivity index (χ4n) is 2.65. The minimum absolute atomic E-state index is 0.177. The van der Waals surface area contributed by atoms with Crippen LogP contribution in [0.25, 0.3) is 0 Å². The maximum atomic E-state index is 11.6. The zero-order valence-electron chi connectivity index (χ0n) is 11.5. The molecule has 1 saturated heterocycles. The topological polar surface area (TPSA) is 49.8 Å². The third-order valence-corrected chi connectivity index (χ3v) is 3.77. The Morgan fingerprint density at radius 3 is 2.32 bits per heavy atom. The van der Waals surface area contributed by atoms with Crippen molar-refractivity contribution in [1.29, 1.82) is 0 Å². The van der Waals surface area contributed by atoms with Gasteiger partial charge in [0.1, 0.15) is 0 Å². The summed E-state index contributed by atoms with van der Waals surface area (Å²) in [5.41, 5.74) is 1.98. The van der Waals surface area contributed by atoms with E-state index >= 15 is 0 Å². The maximum Gasteiger partial charge on any atom is 0.311 e. The summed E-state index contributed by atoms with van der Waals surface area (Å²) >= 11 is 0. The number of aliphatic carboxylic acids is 1. The first kappa shape index (κ1) is 13.9. The molecule has 0 radical (unpaired) electrons. The number of carboxylic acids is 1. The van der Waals surface area contributed by atoms with E-state index < -0.39 is 11.9 Å². The van der Waals surface area contributed by atoms with E-state index in [0.29, 0.717) is 13.2 Å². The Morgan fingerprint density at radius 1 is 1.26 bits per heavy atom. The van der Waals surface area contributed by atoms with Gasteiger partial charge in [-0.25, -0.2) is 0 Å². The van der Waals surface area contributed by atoms with Crippen LogP contribution in [0.3, 0.4) is 0 Å². The molecule has 1 atom stereocenters. The molecular formula is C15H21NO3. The van der Waals surface area contributed by atoms with E-state index in [1.165, 1.54) is 0 Å². The van der Waals surface area contributed by atoms with E-state index in [0.717, 1.165) is 24.1 Å². The van der Waals surface area contributed by atoms with Gasteiger partial charge in [-0.3, -0.25) is 4.79 Å². The van der Waals surface area contributed by atoms with Gasteiger partial charge in [0.25, 0.3) is 0 Å². The van der Waals surface area contributed by atoms with E-state index in [9.17, 15) is 9.90 Å². The van der Waals surface area contributed by atoms with E-state index in [4.69, 9.17) is 4.74 Å². The molecule has 1 aliphatic heterocycles. The van der Waals surface area contributed by atoms with E-state index in [1.807, 2.05) is 43.3 Å². The number of hydrogen-bond acceptors (Lipinski definition) is 3. The van der Waals surface area contributed by atoms with Crippen molar-refractivity contribution in [3.8, 4) is 0 Å². The average molecular weight is 263 g/mol. The van der Waals surface area contributed by atoms with E-state index in [1.54, 1.807) is 0 Å². The van der Waals surface area contributed by atoms with Gasteiger partial charge in [0.2, 0.25) is 0 Å². The predicted molar refractivity (Wildman–Crippen MR) is 74.7 cm³/mol. The number of hydrogen-bond donors (Lipinski definition) is 1. The average Bonchev–Trinajstić information content (AvgIpc) is 2.40. The maximum absolute atomic E-state index is 11.6. The zero-order chi connectivity index (χ0) is 13.8. The number of ether oxygens (including phenoxy) is 1. The number of rotatable bonds is 4. The van der Waals surface area contributed by atoms with Gasteiger partial charge in [-0.1, -0.05) is 12.1 Å². The molecule has 4 heteroatoms. The minimum atomic E-state index is -0.732. The molecule has 0 bridgehead atoms. The Labute approximate surface area is 114 Å². The Morgan fingerprint density at radius 2 is 1.84 bits per heavy atom. The highest BCUT2D eigenvalue weighted by molar-refractivity contribution is 5.76. The van der Waals surface area contributed by atoms with Crippen molar-refractivity contribution in [1.82, 2.24) is 0 Å². The van der Waals surface area contributed by atoms with Gasteiger partial charge < -0.3 is 14.7 Å². The highest BCUT2D eigenvalue weighted by Crippen LogP contribution is 2.33. The second-order valence-electron chi connectivity index (χ2n) is 5.25. The summed E-state index contributed by atoms with van der Waals surface area (Å²) < 4.78 is 5.32. The van der Waals surface area contributed by atoms with Crippen LogP contribution in [0, 0.1) is 5.92 Å². The summed E-state index contributed by atoms with van der Waals surface area (Å²) in [4.78, 5) is 13.6. The van der Waals surface area contributed by atoms with Crippen molar-refractivity contribution < 1.29 is 14.6 Å². The quantitative estimate of drug-likeness (QED) is 0.906. The van der Waals surface area contributed by atoms with E-state index in [2.05, 4.69) is 0 Å². The molecule has 2 rings (SSSR count). The van der Waals surface area contributed by atoms with Gasteiger partial charge in [0.15, 0.2) is 0 Å². The molecule has 0 aromatic heterocycles. The fraction of sp³-hybridized carbons (Fsp3) is 0.533. The van der Waals surface area contributed by atoms with Crippen LogP contribution in [-0.4, -0.2) is 38.4 Å². The van der Waals surface area contributed by atoms with Crippen LogP contribution in [0.15, 0.2) is 24.3 Å². The molecule has 19 heavy (non-hydrogen) atoms. The summed E-state index contributed by atoms with van der Waals surface area (Å²) in [6.45, 7) is 1.34. The first-order valence-corrected chi connectivity index (χ1v) is 6.67. The Hall–Kier alpha value is -1.55. The van der Waals surface area contributed by atoms with E-state index in [-0.39, 0.29) is 5.92 Å². The van der Waals surface area contributed by atoms with Crippen LogP contribution < -0.4 is 4.90 Å². The normalized spacial score (nSPS) is 18.0. The first-order chi connectivity index (χ1) is 9.09. The van der Waals surface area contributed by atoms with Crippen molar-refractivity contribution in [2.75, 3.05) is 32.2 Å². The Bertz CT molecular complexity index is 422. The van der Waals surface area contributed by atoms with Crippen LogP contribution in [0.1, 0.15) is 24.3 Å². The van der Waals surface area contributed by atoms with Crippen LogP contribution >= 0.6 is 0 Å². The smallest absolute Gasteiger partial charge is 0.311 e. The molecule has 1 N–H and O–H groups in total. The van der Waals surface area contributed by atoms with Gasteiger partial charge in [-0.15, -0.1) is 0 Å². The van der Waals surface area contributed by atoms with Crippen molar-refractivity contribution >= 4 is 11.7 Å². The molecule has 0 aliphatic carbocycles. The van der Waals surface area contributed by atoms with Crippen molar-refractivity contribution in [2.24, 2.45) is 5.92 Å². The van der Waals surface area contributed by atoms with Crippen LogP contribution in [0.5, 0.6) is 0 Å². The number of carbonyl (C=O) groups is 1. The lowest BCUT2D eigenvalue weighted by Gasteiger charge is -2.28. The summed E-state index contributed by atoms with van der Waals surface area (Å²) in [5, 5.41) is 9.51. The van der Waals surface area contributed by atoms with Gasteiger partial charge in [-0.05, 0) is 36.5 Å². The Balaban J connectivity index is 2.20. The lowest BCUT2D eigenvalue weighted by Crippen LogP contribution is -2.27. The zero-order valence-corrected chi connectivity index (χ0v) is 11.5. The SMILES string of the molecule is CN(C)c1ccc(C(C(=O)O)C2CCOCC2)cc1. The molecule has 0 amide bonds. The van der Waals surface area contributed by atoms with Crippen LogP contribution in [-0.2, 0) is 9.53 Å². The molecule has 4 nitrogen and oxygen atoms in total. The molecule has 1 aromatic carbocycles. The van der Waals surface area contributed by atoms with Crippen molar-refractivity contribution in [2.45, 2.75) is 18.8 Å². The molecular weight excluding hydrogens is 242 g/mol. The molecule has 1 heterocycles. The largest absolute Gasteiger partial charge is 0.481 e. The van der Waals surface area contributed by atoms with Gasteiger partial charge in [0.05, 0.1) is 5.92 Å². The highest BCUT2D eigenvalue weighted by Gasteiger charge is 2.31. The fourth-order valence-corrected chi connectivity index (χ4v) is 2.65. The lowest BCUT2D eigenvalue weighted by molar-refractivity contribution is -0.141. The predicted octanol–water partition coefficient (Wildman–Crippen LogP) is 2.35. The van der Waals surface area contributed by atoms with Crippen LogP contribution in [0.4, 0.5) is 5.69 Å². The van der Waals surface area contributed by atoms with Gasteiger partial charge in [-0.2, -0.15) is 0 Å². The van der Waals surface area contributed by atoms with Crippen LogP contribution in [0.2, 0.25) is 0 Å². The van der Waals surface area contributed by atoms with Gasteiger partial charge in [0, 0.05) is 33.0 Å². The number of carboxylic acid groups (broad SMARTS) is 1. The molecule has 1 fully saturated rings. The third kappa shape index (κ3) is 3.26. The second kappa shape index (κ2) is 6.06. The molecule has 1 aromatic rings. The standard InChI is InChI=1S/C15H21NO3/c1-16(2)13-5-3-11(4-6-13)14(15(17)18)12-7-9-19-10-8-12/h3-6,12,14H,7-10H2,1-2H3,(H,17,18). The van der Waals surface area contributed by atoms with Gasteiger partial charge >= 0.3 is 5.97 Å². The Kier molecular flexibility index (Phi) is 4.43. The lowest BCUT2D eigenvalue weighted by atomic mass is 9.81. The minimum Gasteiger partial charge on any atom is -0.481 e. The second-order valence-corrected chi connectivity index (χ2v) is 5.25. The number of anilines is 1. The summed E-state index contributed by atoms with van der Waals surface area (Å²) in [5.74, 6) is -0.971. The first-order valence-electron chi connectivity index (χ1n) is 6.67. The molecule has 0 spiro atoms. The molecule has 0 saturated carbocycles. The summed E-state index contributed by atoms with van der Waals surface area (Å²) in [6.07, 6.45) is 1.65. The molecule has 1 aliphatic rings. The monoisotopic (exact) mass is 263 g/mol. The molecule has 1 unspecified atom stereocenters. The van der Waals surface area contributed by atoms with Crippen molar-refractivity contribution in [3.05, 3.63) is 29.8 Å². The summed E-state index contributed by atoms with van der Waals surface area (Å²) in [7, 11) is 3.95.